The summed E-state index contributed by atoms with van der Waals surface area (Å²) in [7, 11) is 0. The molecule has 3 heterocycles. The van der Waals surface area contributed by atoms with Gasteiger partial charge >= 0.3 is 6.18 Å². The lowest BCUT2D eigenvalue weighted by Gasteiger charge is -2.11. The highest BCUT2D eigenvalue weighted by Gasteiger charge is 2.34. The van der Waals surface area contributed by atoms with Crippen LogP contribution in [0.25, 0.3) is 32.6 Å². The number of carbonyl (C=O) groups is 2. The number of aromatic nitrogens is 3. The van der Waals surface area contributed by atoms with Crippen molar-refractivity contribution in [2.24, 2.45) is 0 Å². The number of nitrogens with one attached hydrogen (secondary N) is 2. The first kappa shape index (κ1) is 22.3. The summed E-state index contributed by atoms with van der Waals surface area (Å²) in [4.78, 5) is 46.7. The number of alkyl halides is 3. The van der Waals surface area contributed by atoms with Gasteiger partial charge in [0.15, 0.2) is 16.9 Å². The van der Waals surface area contributed by atoms with Gasteiger partial charge in [-0.3, -0.25) is 14.4 Å². The van der Waals surface area contributed by atoms with Gasteiger partial charge in [-0.1, -0.05) is 6.07 Å². The summed E-state index contributed by atoms with van der Waals surface area (Å²) in [5.41, 5.74) is 0.174. The second-order valence-electron chi connectivity index (χ2n) is 7.18. The number of halogens is 3. The van der Waals surface area contributed by atoms with Gasteiger partial charge in [0.25, 0.3) is 0 Å². The van der Waals surface area contributed by atoms with Crippen molar-refractivity contribution >= 4 is 39.7 Å². The van der Waals surface area contributed by atoms with Gasteiger partial charge in [0, 0.05) is 46.7 Å². The summed E-state index contributed by atoms with van der Waals surface area (Å²) in [6.07, 6.45) is -1.88. The second kappa shape index (κ2) is 8.24. The van der Waals surface area contributed by atoms with E-state index in [9.17, 15) is 27.6 Å². The first-order chi connectivity index (χ1) is 15.5. The molecule has 0 radical (unpaired) electrons. The van der Waals surface area contributed by atoms with Crippen LogP contribution in [0.2, 0.25) is 0 Å². The van der Waals surface area contributed by atoms with Crippen LogP contribution in [0.4, 0.5) is 19.0 Å². The molecule has 0 bridgehead atoms. The molecule has 33 heavy (non-hydrogen) atoms. The average molecular weight is 472 g/mol. The molecule has 0 unspecified atom stereocenters. The Kier molecular flexibility index (Phi) is 5.58. The van der Waals surface area contributed by atoms with Gasteiger partial charge in [-0.15, -0.1) is 11.3 Å². The number of thiazole rings is 1. The number of aromatic amines is 1. The molecule has 0 saturated heterocycles. The van der Waals surface area contributed by atoms with Crippen LogP contribution in [0.1, 0.15) is 29.9 Å². The molecule has 0 spiro atoms. The highest BCUT2D eigenvalue weighted by atomic mass is 32.1. The first-order valence-corrected chi connectivity index (χ1v) is 10.4. The Balaban J connectivity index is 1.93. The molecule has 0 aliphatic rings. The number of fused-ring (bicyclic) bond motifs is 1. The molecule has 3 aromatic heterocycles. The number of benzene rings is 1. The third-order valence-electron chi connectivity index (χ3n) is 4.80. The van der Waals surface area contributed by atoms with Crippen molar-refractivity contribution < 1.29 is 22.8 Å². The molecule has 168 valence electrons. The Bertz CT molecular complexity index is 1470. The van der Waals surface area contributed by atoms with Crippen molar-refractivity contribution in [3.05, 3.63) is 63.5 Å². The van der Waals surface area contributed by atoms with E-state index in [4.69, 9.17) is 0 Å². The summed E-state index contributed by atoms with van der Waals surface area (Å²) < 4.78 is 39.4. The maximum atomic E-state index is 13.1. The maximum absolute atomic E-state index is 13.1. The Hall–Kier alpha value is -3.86. The molecule has 11 heteroatoms. The van der Waals surface area contributed by atoms with Crippen LogP contribution in [0, 0.1) is 0 Å². The van der Waals surface area contributed by atoms with E-state index in [1.54, 1.807) is 12.1 Å². The van der Waals surface area contributed by atoms with Gasteiger partial charge in [0.1, 0.15) is 10.8 Å². The molecule has 1 amide bonds. The highest BCUT2D eigenvalue weighted by molar-refractivity contribution is 7.13. The highest BCUT2D eigenvalue weighted by Crippen LogP contribution is 2.38. The molecule has 0 aliphatic heterocycles. The number of carbonyl (C=O) groups excluding carboxylic acids is 2. The average Bonchev–Trinajstić information content (AvgIpc) is 3.24. The molecule has 2 N–H and O–H groups in total. The molecule has 0 atom stereocenters. The minimum atomic E-state index is -4.61. The summed E-state index contributed by atoms with van der Waals surface area (Å²) in [5, 5.41) is 3.72. The van der Waals surface area contributed by atoms with Crippen molar-refractivity contribution in [2.75, 3.05) is 5.32 Å². The fourth-order valence-corrected chi connectivity index (χ4v) is 4.14. The van der Waals surface area contributed by atoms with Crippen molar-refractivity contribution in [3.63, 3.8) is 0 Å². The topological polar surface area (TPSA) is 105 Å². The minimum absolute atomic E-state index is 0.00579. The number of amides is 1. The molecular weight excluding hydrogens is 457 g/mol. The van der Waals surface area contributed by atoms with E-state index >= 15 is 0 Å². The number of hydrogen-bond donors (Lipinski definition) is 2. The van der Waals surface area contributed by atoms with Crippen LogP contribution >= 0.6 is 11.3 Å². The van der Waals surface area contributed by atoms with Crippen LogP contribution in [-0.4, -0.2) is 26.6 Å². The zero-order chi connectivity index (χ0) is 23.9. The molecule has 4 rings (SSSR count). The Morgan fingerprint density at radius 3 is 2.52 bits per heavy atom. The third-order valence-corrected chi connectivity index (χ3v) is 5.68. The van der Waals surface area contributed by atoms with Gasteiger partial charge in [-0.2, -0.15) is 13.2 Å². The van der Waals surface area contributed by atoms with Crippen molar-refractivity contribution in [3.8, 4) is 21.7 Å². The number of Topliss-reactive ketones (excluding diaryl/α,β-unsaturated/α-hetero) is 1. The van der Waals surface area contributed by atoms with Gasteiger partial charge in [0.2, 0.25) is 5.91 Å². The number of H-pyrrole nitrogens is 1. The van der Waals surface area contributed by atoms with E-state index in [1.807, 2.05) is 0 Å². The fourth-order valence-electron chi connectivity index (χ4n) is 3.29. The maximum Gasteiger partial charge on any atom is 0.434 e. The van der Waals surface area contributed by atoms with Crippen molar-refractivity contribution in [1.82, 2.24) is 15.0 Å². The lowest BCUT2D eigenvalue weighted by atomic mass is 9.99. The zero-order valence-corrected chi connectivity index (χ0v) is 18.0. The van der Waals surface area contributed by atoms with Gasteiger partial charge in [0.05, 0.1) is 5.56 Å². The molecule has 4 aromatic rings. The summed E-state index contributed by atoms with van der Waals surface area (Å²) in [5.74, 6) is -0.652. The van der Waals surface area contributed by atoms with Crippen LogP contribution in [0.3, 0.4) is 0 Å². The predicted molar refractivity (Wildman–Crippen MR) is 118 cm³/mol. The van der Waals surface area contributed by atoms with E-state index < -0.39 is 29.0 Å². The van der Waals surface area contributed by atoms with Gasteiger partial charge in [-0.25, -0.2) is 9.97 Å². The zero-order valence-electron chi connectivity index (χ0n) is 17.2. The normalized spacial score (nSPS) is 11.5. The van der Waals surface area contributed by atoms with Crippen molar-refractivity contribution in [1.29, 1.82) is 0 Å². The number of ketones is 1. The molecule has 7 nitrogen and oxygen atoms in total. The summed E-state index contributed by atoms with van der Waals surface area (Å²) >= 11 is 0.795. The number of rotatable bonds is 4. The SMILES string of the molecule is CC(=O)Nc1cc(-c2nc(C(F)(F)F)cs2)c(-c2ccc3[nH]cc(C(C)=O)c(=O)c3c2)cn1. The smallest absolute Gasteiger partial charge is 0.360 e. The lowest BCUT2D eigenvalue weighted by Crippen LogP contribution is -2.13. The number of nitrogens with zero attached hydrogens (tertiary/aromatic N) is 2. The van der Waals surface area contributed by atoms with E-state index in [-0.39, 0.29) is 21.8 Å². The molecule has 0 fully saturated rings. The summed E-state index contributed by atoms with van der Waals surface area (Å²) in [6.45, 7) is 2.56. The van der Waals surface area contributed by atoms with Crippen LogP contribution < -0.4 is 10.7 Å². The Morgan fingerprint density at radius 2 is 1.88 bits per heavy atom. The van der Waals surface area contributed by atoms with Crippen LogP contribution in [-0.2, 0) is 11.0 Å². The van der Waals surface area contributed by atoms with E-state index in [0.717, 1.165) is 16.7 Å². The second-order valence-corrected chi connectivity index (χ2v) is 8.04. The van der Waals surface area contributed by atoms with Crippen LogP contribution in [0.15, 0.2) is 46.8 Å². The van der Waals surface area contributed by atoms with E-state index in [0.29, 0.717) is 22.2 Å². The van der Waals surface area contributed by atoms with E-state index in [1.165, 1.54) is 38.4 Å². The molecule has 1 aromatic carbocycles. The van der Waals surface area contributed by atoms with Gasteiger partial charge in [-0.05, 0) is 30.7 Å². The predicted octanol–water partition coefficient (Wildman–Crippen LogP) is 4.89. The molecule has 0 aliphatic carbocycles. The third kappa shape index (κ3) is 4.40. The number of hydrogen-bond acceptors (Lipinski definition) is 6. The summed E-state index contributed by atoms with van der Waals surface area (Å²) in [6, 6.07) is 6.26. The first-order valence-electron chi connectivity index (χ1n) is 9.52. The lowest BCUT2D eigenvalue weighted by molar-refractivity contribution is -0.140. The standard InChI is InChI=1S/C22H15F3N4O3S/c1-10(30)15-7-26-17-4-3-12(5-14(17)20(15)32)16-8-27-19(28-11(2)31)6-13(16)21-29-18(9-33-21)22(23,24)25/h3-9H,1-2H3,(H,26,32)(H,27,28,31). The van der Waals surface area contributed by atoms with E-state index in [2.05, 4.69) is 20.3 Å². The quantitative estimate of drug-likeness (QED) is 0.412. The Labute approximate surface area is 188 Å². The number of pyridine rings is 2. The number of anilines is 1. The largest absolute Gasteiger partial charge is 0.434 e. The van der Waals surface area contributed by atoms with Crippen molar-refractivity contribution in [2.45, 2.75) is 20.0 Å². The molecule has 0 saturated carbocycles. The van der Waals surface area contributed by atoms with Gasteiger partial charge < -0.3 is 10.3 Å². The minimum Gasteiger partial charge on any atom is -0.360 e. The fraction of sp³-hybridized carbons (Fsp3) is 0.136. The van der Waals surface area contributed by atoms with Crippen LogP contribution in [0.5, 0.6) is 0 Å². The monoisotopic (exact) mass is 472 g/mol. The molecular formula is C22H15F3N4O3S. The Morgan fingerprint density at radius 1 is 1.12 bits per heavy atom.